The summed E-state index contributed by atoms with van der Waals surface area (Å²) in [7, 11) is -1.78. The van der Waals surface area contributed by atoms with Gasteiger partial charge in [-0.15, -0.1) is 0 Å². The summed E-state index contributed by atoms with van der Waals surface area (Å²) in [6, 6.07) is 7.23. The Morgan fingerprint density at radius 3 is 2.40 bits per heavy atom. The highest BCUT2D eigenvalue weighted by atomic mass is 32.2. The van der Waals surface area contributed by atoms with Crippen molar-refractivity contribution in [1.29, 1.82) is 0 Å². The molecule has 0 radical (unpaired) electrons. The predicted octanol–water partition coefficient (Wildman–Crippen LogP) is 1.19. The van der Waals surface area contributed by atoms with Crippen LogP contribution in [0.4, 0.5) is 0 Å². The fourth-order valence-corrected chi connectivity index (χ4v) is 4.48. The Kier molecular flexibility index (Phi) is 10.0. The number of hydrogen-bond donors (Lipinski definition) is 3. The molecule has 30 heavy (non-hydrogen) atoms. The number of aliphatic imine (C=N–C) groups is 1. The number of aryl methyl sites for hydroxylation is 1. The van der Waals surface area contributed by atoms with E-state index < -0.39 is 10.0 Å². The number of nitrogens with one attached hydrogen (secondary N) is 3. The Morgan fingerprint density at radius 2 is 1.80 bits per heavy atom. The van der Waals surface area contributed by atoms with E-state index in [1.807, 2.05) is 6.92 Å². The monoisotopic (exact) mass is 439 g/mol. The zero-order valence-electron chi connectivity index (χ0n) is 18.6. The summed E-state index contributed by atoms with van der Waals surface area (Å²) in [6.45, 7) is 11.4. The molecule has 0 bridgehead atoms. The van der Waals surface area contributed by atoms with Crippen molar-refractivity contribution in [3.63, 3.8) is 0 Å². The average molecular weight is 440 g/mol. The lowest BCUT2D eigenvalue weighted by atomic mass is 10.0. The Labute approximate surface area is 181 Å². The molecule has 0 amide bonds. The molecular formula is C21H37N5O3S. The molecule has 1 aliphatic heterocycles. The van der Waals surface area contributed by atoms with Crippen LogP contribution in [0.3, 0.4) is 0 Å². The molecule has 1 aliphatic rings. The van der Waals surface area contributed by atoms with Crippen molar-refractivity contribution in [2.75, 3.05) is 53.0 Å². The van der Waals surface area contributed by atoms with E-state index in [9.17, 15) is 8.42 Å². The minimum atomic E-state index is -3.50. The third kappa shape index (κ3) is 8.22. The summed E-state index contributed by atoms with van der Waals surface area (Å²) in [5, 5.41) is 6.57. The number of sulfonamides is 1. The summed E-state index contributed by atoms with van der Waals surface area (Å²) >= 11 is 0. The second-order valence-electron chi connectivity index (χ2n) is 8.02. The molecule has 9 heteroatoms. The molecule has 0 aromatic heterocycles. The maximum Gasteiger partial charge on any atom is 0.240 e. The number of nitrogens with zero attached hydrogens (tertiary/aromatic N) is 2. The highest BCUT2D eigenvalue weighted by molar-refractivity contribution is 7.89. The molecule has 1 atom stereocenters. The lowest BCUT2D eigenvalue weighted by molar-refractivity contribution is 0.0132. The van der Waals surface area contributed by atoms with Gasteiger partial charge in [0.2, 0.25) is 10.0 Å². The van der Waals surface area contributed by atoms with Gasteiger partial charge in [0, 0.05) is 45.8 Å². The molecule has 0 saturated carbocycles. The Bertz CT molecular complexity index is 759. The van der Waals surface area contributed by atoms with Crippen molar-refractivity contribution < 1.29 is 13.2 Å². The van der Waals surface area contributed by atoms with Gasteiger partial charge in [0.05, 0.1) is 18.1 Å². The molecule has 3 N–H and O–H groups in total. The predicted molar refractivity (Wildman–Crippen MR) is 121 cm³/mol. The maximum absolute atomic E-state index is 12.3. The van der Waals surface area contributed by atoms with Crippen LogP contribution in [-0.4, -0.2) is 78.3 Å². The number of guanidine groups is 1. The van der Waals surface area contributed by atoms with E-state index in [4.69, 9.17) is 4.74 Å². The third-order valence-corrected chi connectivity index (χ3v) is 6.55. The van der Waals surface area contributed by atoms with Gasteiger partial charge < -0.3 is 15.4 Å². The molecule has 1 fully saturated rings. The summed E-state index contributed by atoms with van der Waals surface area (Å²) in [4.78, 5) is 7.01. The molecule has 0 spiro atoms. The Hall–Kier alpha value is -1.68. The van der Waals surface area contributed by atoms with Crippen LogP contribution >= 0.6 is 0 Å². The van der Waals surface area contributed by atoms with Gasteiger partial charge in [0.15, 0.2) is 5.96 Å². The van der Waals surface area contributed by atoms with E-state index in [2.05, 4.69) is 39.1 Å². The molecule has 1 unspecified atom stereocenters. The summed E-state index contributed by atoms with van der Waals surface area (Å²) < 4.78 is 32.8. The standard InChI is InChI=1S/C21H37N5O3S/c1-17(2)15-19(26-11-13-29-14-12-26)16-24-21(22-4)23-9-10-25-30(27,28)20-7-5-18(3)6-8-20/h5-8,17,19,25H,9-16H2,1-4H3,(H2,22,23,24). The largest absolute Gasteiger partial charge is 0.379 e. The van der Waals surface area contributed by atoms with Gasteiger partial charge >= 0.3 is 0 Å². The fourth-order valence-electron chi connectivity index (χ4n) is 3.45. The Morgan fingerprint density at radius 1 is 1.13 bits per heavy atom. The smallest absolute Gasteiger partial charge is 0.240 e. The average Bonchev–Trinajstić information content (AvgIpc) is 2.73. The third-order valence-electron chi connectivity index (χ3n) is 5.08. The normalized spacial score (nSPS) is 17.2. The van der Waals surface area contributed by atoms with Crippen LogP contribution in [0.5, 0.6) is 0 Å². The van der Waals surface area contributed by atoms with Gasteiger partial charge in [0.25, 0.3) is 0 Å². The molecule has 170 valence electrons. The molecule has 1 saturated heterocycles. The van der Waals surface area contributed by atoms with Gasteiger partial charge in [-0.25, -0.2) is 13.1 Å². The van der Waals surface area contributed by atoms with Crippen LogP contribution in [0.2, 0.25) is 0 Å². The zero-order chi connectivity index (χ0) is 22.0. The zero-order valence-corrected chi connectivity index (χ0v) is 19.5. The first-order valence-electron chi connectivity index (χ1n) is 10.6. The van der Waals surface area contributed by atoms with Gasteiger partial charge in [-0.3, -0.25) is 9.89 Å². The van der Waals surface area contributed by atoms with Crippen LogP contribution in [0, 0.1) is 12.8 Å². The second-order valence-corrected chi connectivity index (χ2v) is 9.79. The number of ether oxygens (including phenoxy) is 1. The maximum atomic E-state index is 12.3. The van der Waals surface area contributed by atoms with Crippen molar-refractivity contribution in [3.8, 4) is 0 Å². The lowest BCUT2D eigenvalue weighted by Crippen LogP contribution is -2.51. The summed E-state index contributed by atoms with van der Waals surface area (Å²) in [6.07, 6.45) is 1.10. The minimum absolute atomic E-state index is 0.274. The van der Waals surface area contributed by atoms with Crippen molar-refractivity contribution in [1.82, 2.24) is 20.3 Å². The molecular weight excluding hydrogens is 402 g/mol. The van der Waals surface area contributed by atoms with Gasteiger partial charge in [-0.05, 0) is 31.4 Å². The van der Waals surface area contributed by atoms with Crippen LogP contribution < -0.4 is 15.4 Å². The second kappa shape index (κ2) is 12.2. The van der Waals surface area contributed by atoms with Crippen LogP contribution in [0.1, 0.15) is 25.8 Å². The van der Waals surface area contributed by atoms with Crippen LogP contribution in [-0.2, 0) is 14.8 Å². The molecule has 8 nitrogen and oxygen atoms in total. The summed E-state index contributed by atoms with van der Waals surface area (Å²) in [5.74, 6) is 1.28. The molecule has 1 aromatic carbocycles. The van der Waals surface area contributed by atoms with E-state index in [0.29, 0.717) is 24.5 Å². The molecule has 1 aromatic rings. The van der Waals surface area contributed by atoms with E-state index in [0.717, 1.165) is 44.8 Å². The first-order chi connectivity index (χ1) is 14.3. The van der Waals surface area contributed by atoms with Crippen LogP contribution in [0.25, 0.3) is 0 Å². The van der Waals surface area contributed by atoms with Gasteiger partial charge in [0.1, 0.15) is 0 Å². The highest BCUT2D eigenvalue weighted by Crippen LogP contribution is 2.13. The lowest BCUT2D eigenvalue weighted by Gasteiger charge is -2.35. The topological polar surface area (TPSA) is 95.1 Å². The highest BCUT2D eigenvalue weighted by Gasteiger charge is 2.22. The quantitative estimate of drug-likeness (QED) is 0.288. The Balaban J connectivity index is 1.78. The fraction of sp³-hybridized carbons (Fsp3) is 0.667. The van der Waals surface area contributed by atoms with E-state index in [1.54, 1.807) is 31.3 Å². The van der Waals surface area contributed by atoms with Gasteiger partial charge in [-0.2, -0.15) is 0 Å². The molecule has 2 rings (SSSR count). The van der Waals surface area contributed by atoms with E-state index >= 15 is 0 Å². The van der Waals surface area contributed by atoms with Crippen molar-refractivity contribution >= 4 is 16.0 Å². The van der Waals surface area contributed by atoms with Crippen molar-refractivity contribution in [2.45, 2.75) is 38.1 Å². The SMILES string of the molecule is CN=C(NCCNS(=O)(=O)c1ccc(C)cc1)NCC(CC(C)C)N1CCOCC1. The minimum Gasteiger partial charge on any atom is -0.379 e. The first-order valence-corrected chi connectivity index (χ1v) is 12.1. The van der Waals surface area contributed by atoms with E-state index in [-0.39, 0.29) is 11.4 Å². The molecule has 0 aliphatic carbocycles. The van der Waals surface area contributed by atoms with Gasteiger partial charge in [-0.1, -0.05) is 31.5 Å². The number of morpholine rings is 1. The van der Waals surface area contributed by atoms with Crippen molar-refractivity contribution in [2.24, 2.45) is 10.9 Å². The van der Waals surface area contributed by atoms with Crippen LogP contribution in [0.15, 0.2) is 34.2 Å². The first kappa shape index (κ1) is 24.6. The number of rotatable bonds is 10. The number of benzene rings is 1. The number of hydrogen-bond acceptors (Lipinski definition) is 5. The molecule has 1 heterocycles. The van der Waals surface area contributed by atoms with Crippen molar-refractivity contribution in [3.05, 3.63) is 29.8 Å². The summed E-state index contributed by atoms with van der Waals surface area (Å²) in [5.41, 5.74) is 1.03. The van der Waals surface area contributed by atoms with E-state index in [1.165, 1.54) is 0 Å².